The van der Waals surface area contributed by atoms with Gasteiger partial charge in [0, 0.05) is 19.7 Å². The summed E-state index contributed by atoms with van der Waals surface area (Å²) in [5.41, 5.74) is 0. The Morgan fingerprint density at radius 1 is 1.44 bits per heavy atom. The van der Waals surface area contributed by atoms with Crippen molar-refractivity contribution in [2.75, 3.05) is 26.1 Å². The zero-order chi connectivity index (χ0) is 14.2. The molecule has 0 bridgehead atoms. The van der Waals surface area contributed by atoms with E-state index in [1.54, 1.807) is 6.92 Å². The highest BCUT2D eigenvalue weighted by Gasteiger charge is 2.17. The van der Waals surface area contributed by atoms with Crippen LogP contribution in [0.4, 0.5) is 0 Å². The van der Waals surface area contributed by atoms with E-state index in [-0.39, 0.29) is 6.61 Å². The summed E-state index contributed by atoms with van der Waals surface area (Å²) >= 11 is 0. The molecular weight excluding hydrogens is 279 g/mol. The van der Waals surface area contributed by atoms with E-state index in [0.717, 1.165) is 0 Å². The predicted octanol–water partition coefficient (Wildman–Crippen LogP) is 1.78. The molecule has 0 amide bonds. The van der Waals surface area contributed by atoms with Crippen molar-refractivity contribution in [1.29, 1.82) is 0 Å². The normalized spacial score (nSPS) is 16.4. The lowest BCUT2D eigenvalue weighted by molar-refractivity contribution is 0.232. The molecule has 1 N–H and O–H groups in total. The average molecular weight is 298 g/mol. The topological polar surface area (TPSA) is 89.9 Å². The summed E-state index contributed by atoms with van der Waals surface area (Å²) in [7, 11) is -5.74. The van der Waals surface area contributed by atoms with Gasteiger partial charge in [-0.2, -0.15) is 8.42 Å². The highest BCUT2D eigenvalue weighted by molar-refractivity contribution is 7.85. The lowest BCUT2D eigenvalue weighted by atomic mass is 10.1. The van der Waals surface area contributed by atoms with Gasteiger partial charge in [-0.15, -0.1) is 5.92 Å². The summed E-state index contributed by atoms with van der Waals surface area (Å²) in [6.07, 6.45) is 0.917. The van der Waals surface area contributed by atoms with Crippen LogP contribution >= 0.6 is 7.60 Å². The van der Waals surface area contributed by atoms with E-state index in [1.165, 1.54) is 13.8 Å². The molecule has 0 aliphatic carbocycles. The van der Waals surface area contributed by atoms with Gasteiger partial charge in [0.15, 0.2) is 0 Å². The van der Waals surface area contributed by atoms with Crippen LogP contribution in [0.15, 0.2) is 0 Å². The van der Waals surface area contributed by atoms with E-state index in [9.17, 15) is 13.0 Å². The zero-order valence-corrected chi connectivity index (χ0v) is 12.5. The number of rotatable bonds is 8. The average Bonchev–Trinajstić information content (AvgIpc) is 2.22. The third-order valence-corrected chi connectivity index (χ3v) is 4.25. The van der Waals surface area contributed by atoms with Crippen molar-refractivity contribution in [3.63, 3.8) is 0 Å². The molecular formula is C10H19O6PS. The van der Waals surface area contributed by atoms with Crippen molar-refractivity contribution in [3.05, 3.63) is 0 Å². The fourth-order valence-corrected chi connectivity index (χ4v) is 2.59. The Morgan fingerprint density at radius 3 is 2.50 bits per heavy atom. The number of hydrogen-bond acceptors (Lipinski definition) is 5. The van der Waals surface area contributed by atoms with Crippen LogP contribution in [0, 0.1) is 17.8 Å². The molecule has 8 heteroatoms. The molecule has 2 unspecified atom stereocenters. The third-order valence-electron chi connectivity index (χ3n) is 2.11. The minimum Gasteiger partial charge on any atom is -0.312 e. The molecule has 0 aromatic heterocycles. The van der Waals surface area contributed by atoms with Crippen LogP contribution < -0.4 is 0 Å². The highest BCUT2D eigenvalue weighted by atomic mass is 32.2. The van der Waals surface area contributed by atoms with Crippen LogP contribution in [0.5, 0.6) is 0 Å². The van der Waals surface area contributed by atoms with Crippen molar-refractivity contribution in [1.82, 2.24) is 0 Å². The first kappa shape index (κ1) is 17.6. The van der Waals surface area contributed by atoms with E-state index < -0.39 is 29.4 Å². The van der Waals surface area contributed by atoms with E-state index in [4.69, 9.17) is 9.08 Å². The van der Waals surface area contributed by atoms with Gasteiger partial charge >= 0.3 is 7.60 Å². The Labute approximate surface area is 108 Å². The molecule has 6 nitrogen and oxygen atoms in total. The minimum atomic E-state index is -4.04. The van der Waals surface area contributed by atoms with Gasteiger partial charge in [-0.1, -0.05) is 5.92 Å². The maximum atomic E-state index is 11.4. The molecule has 0 spiro atoms. The van der Waals surface area contributed by atoms with Crippen molar-refractivity contribution >= 4 is 17.7 Å². The quantitative estimate of drug-likeness (QED) is 0.318. The molecule has 0 aliphatic rings. The molecule has 0 saturated carbocycles. The summed E-state index contributed by atoms with van der Waals surface area (Å²) in [6.45, 7) is 3.14. The van der Waals surface area contributed by atoms with Crippen molar-refractivity contribution in [2.45, 2.75) is 19.8 Å². The first-order valence-electron chi connectivity index (χ1n) is 5.35. The lowest BCUT2D eigenvalue weighted by Gasteiger charge is -2.12. The molecule has 0 saturated heterocycles. The lowest BCUT2D eigenvalue weighted by Crippen LogP contribution is -2.14. The second-order valence-corrected chi connectivity index (χ2v) is 7.43. The fraction of sp³-hybridized carbons (Fsp3) is 0.800. The standard InChI is InChI=1S/C10H19O6PS/c1-4-6-10(9-18(12,13)14)7-5-8-16-17(3,11)15-2/h10H,5,7-9H2,1-3H3,(H,12,13,14). The van der Waals surface area contributed by atoms with Gasteiger partial charge in [-0.3, -0.25) is 9.12 Å². The van der Waals surface area contributed by atoms with Crippen molar-refractivity contribution in [2.24, 2.45) is 5.92 Å². The maximum Gasteiger partial charge on any atom is 0.327 e. The fourth-order valence-electron chi connectivity index (χ4n) is 1.27. The van der Waals surface area contributed by atoms with Gasteiger partial charge in [0.25, 0.3) is 10.1 Å². The Bertz CT molecular complexity index is 447. The Morgan fingerprint density at radius 2 is 2.06 bits per heavy atom. The van der Waals surface area contributed by atoms with Crippen molar-refractivity contribution in [3.8, 4) is 11.8 Å². The summed E-state index contributed by atoms with van der Waals surface area (Å²) in [5.74, 6) is 4.47. The van der Waals surface area contributed by atoms with Gasteiger partial charge in [0.05, 0.1) is 12.4 Å². The predicted molar refractivity (Wildman–Crippen MR) is 69.1 cm³/mol. The Kier molecular flexibility index (Phi) is 7.76. The molecule has 0 aromatic rings. The van der Waals surface area contributed by atoms with Gasteiger partial charge < -0.3 is 9.05 Å². The number of hydrogen-bond donors (Lipinski definition) is 1. The zero-order valence-electron chi connectivity index (χ0n) is 10.7. The molecule has 0 rings (SSSR count). The second-order valence-electron chi connectivity index (χ2n) is 3.77. The van der Waals surface area contributed by atoms with Gasteiger partial charge in [-0.25, -0.2) is 0 Å². The van der Waals surface area contributed by atoms with E-state index in [1.807, 2.05) is 0 Å². The second kappa shape index (κ2) is 7.93. The highest BCUT2D eigenvalue weighted by Crippen LogP contribution is 2.42. The molecule has 106 valence electrons. The van der Waals surface area contributed by atoms with Crippen LogP contribution in [0.2, 0.25) is 0 Å². The third kappa shape index (κ3) is 9.63. The van der Waals surface area contributed by atoms with Crippen LogP contribution in [-0.4, -0.2) is 39.1 Å². The molecule has 0 aliphatic heterocycles. The summed E-state index contributed by atoms with van der Waals surface area (Å²) < 4.78 is 51.3. The van der Waals surface area contributed by atoms with Crippen LogP contribution in [-0.2, 0) is 23.7 Å². The van der Waals surface area contributed by atoms with E-state index >= 15 is 0 Å². The smallest absolute Gasteiger partial charge is 0.312 e. The SMILES string of the molecule is CC#CC(CCCOP(C)(=O)OC)CS(=O)(=O)O. The summed E-state index contributed by atoms with van der Waals surface area (Å²) in [4.78, 5) is 0. The molecule has 0 heterocycles. The van der Waals surface area contributed by atoms with Gasteiger partial charge in [0.1, 0.15) is 0 Å². The monoisotopic (exact) mass is 298 g/mol. The summed E-state index contributed by atoms with van der Waals surface area (Å²) in [5, 5.41) is 0. The first-order valence-corrected chi connectivity index (χ1v) is 8.95. The molecule has 0 aromatic carbocycles. The first-order chi connectivity index (χ1) is 8.20. The Hall–Kier alpha value is -0.380. The largest absolute Gasteiger partial charge is 0.327 e. The molecule has 18 heavy (non-hydrogen) atoms. The molecule has 0 fully saturated rings. The minimum absolute atomic E-state index is 0.189. The maximum absolute atomic E-state index is 11.4. The summed E-state index contributed by atoms with van der Waals surface area (Å²) in [6, 6.07) is 0. The van der Waals surface area contributed by atoms with Crippen molar-refractivity contribution < 1.29 is 26.6 Å². The van der Waals surface area contributed by atoms with E-state index in [0.29, 0.717) is 12.8 Å². The molecule has 2 atom stereocenters. The van der Waals surface area contributed by atoms with Crippen LogP contribution in [0.1, 0.15) is 19.8 Å². The van der Waals surface area contributed by atoms with Crippen LogP contribution in [0.25, 0.3) is 0 Å². The van der Waals surface area contributed by atoms with E-state index in [2.05, 4.69) is 16.4 Å². The van der Waals surface area contributed by atoms with Gasteiger partial charge in [0.2, 0.25) is 0 Å². The van der Waals surface area contributed by atoms with Crippen LogP contribution in [0.3, 0.4) is 0 Å². The molecule has 0 radical (unpaired) electrons. The van der Waals surface area contributed by atoms with Gasteiger partial charge in [-0.05, 0) is 19.8 Å². The Balaban J connectivity index is 4.13.